The van der Waals surface area contributed by atoms with Gasteiger partial charge < -0.3 is 44.9 Å². The van der Waals surface area contributed by atoms with Crippen LogP contribution in [0.15, 0.2) is 0 Å². The van der Waals surface area contributed by atoms with Crippen molar-refractivity contribution in [3.8, 4) is 0 Å². The average Bonchev–Trinajstić information content (AvgIpc) is 3.34. The molecule has 41 heavy (non-hydrogen) atoms. The summed E-state index contributed by atoms with van der Waals surface area (Å²) in [5.74, 6) is -0.354. The number of amides is 2. The minimum absolute atomic E-state index is 0. The molecule has 2 amide bonds. The van der Waals surface area contributed by atoms with Crippen molar-refractivity contribution in [1.82, 2.24) is 10.2 Å². The second-order valence-electron chi connectivity index (χ2n) is 9.95. The van der Waals surface area contributed by atoms with Crippen LogP contribution in [0.3, 0.4) is 0 Å². The number of hydrogen-bond acceptors (Lipinski definition) is 9. The number of unbranched alkanes of at least 4 members (excludes halogenated alkanes) is 4. The van der Waals surface area contributed by atoms with E-state index in [9.17, 15) is 30.0 Å². The number of nitrogens with one attached hydrogen (secondary N) is 1. The molecule has 11 nitrogen and oxygen atoms in total. The first kappa shape index (κ1) is 41.8. The predicted molar refractivity (Wildman–Crippen MR) is 160 cm³/mol. The summed E-state index contributed by atoms with van der Waals surface area (Å²) < 4.78 is 16.3. The largest absolute Gasteiger partial charge is 0.394 e. The number of likely N-dealkylation sites (tertiary alicyclic amines) is 1. The predicted octanol–water partition coefficient (Wildman–Crippen LogP) is 2.61. The number of aliphatic hydroxyl groups excluding tert-OH is 4. The molecule has 0 saturated carbocycles. The number of hydrogen-bond donors (Lipinski definition) is 5. The van der Waals surface area contributed by atoms with E-state index in [0.29, 0.717) is 45.6 Å². The molecule has 2 fully saturated rings. The Kier molecular flexibility index (Phi) is 25.7. The van der Waals surface area contributed by atoms with E-state index >= 15 is 0 Å². The quantitative estimate of drug-likeness (QED) is 0.169. The maximum atomic E-state index is 12.4. The maximum absolute atomic E-state index is 12.4. The van der Waals surface area contributed by atoms with Gasteiger partial charge in [0.2, 0.25) is 11.8 Å². The molecule has 0 aromatic carbocycles. The second kappa shape index (κ2) is 25.2. The van der Waals surface area contributed by atoms with Crippen LogP contribution in [0, 0.1) is 5.92 Å². The Morgan fingerprint density at radius 2 is 1.59 bits per heavy atom. The van der Waals surface area contributed by atoms with Crippen LogP contribution in [0.5, 0.6) is 0 Å². The Balaban J connectivity index is 0. The molecule has 0 bridgehead atoms. The standard InChI is InChI=1S/C25H46N2O9.2C2H6.CH4/c1-17-23(32)24(33)20(15-28)36-25(17)35-12-8-4-5-9-21(30)26-11-7-3-6-10-22(31)27-14-19(29)13-18(27)16-34-2;2*1-2;/h17-20,23-25,28-29,32-33H,3-16H2,1-2H3,(H,26,30);2*1-2H3;1H4/t17?,18-,19+,20?,23+,24-,25+;;;/m0.../s1. The second-order valence-corrected chi connectivity index (χ2v) is 9.95. The molecule has 246 valence electrons. The van der Waals surface area contributed by atoms with Crippen LogP contribution in [0.4, 0.5) is 0 Å². The van der Waals surface area contributed by atoms with Crippen molar-refractivity contribution in [3.63, 3.8) is 0 Å². The number of ether oxygens (including phenoxy) is 3. The number of carbonyl (C=O) groups excluding carboxylic acids is 2. The van der Waals surface area contributed by atoms with E-state index in [2.05, 4.69) is 5.32 Å². The molecular weight excluding hydrogens is 532 g/mol. The monoisotopic (exact) mass is 594 g/mol. The van der Waals surface area contributed by atoms with Gasteiger partial charge in [-0.1, -0.05) is 54.9 Å². The lowest BCUT2D eigenvalue weighted by Gasteiger charge is -2.40. The van der Waals surface area contributed by atoms with E-state index in [1.807, 2.05) is 27.7 Å². The van der Waals surface area contributed by atoms with E-state index in [-0.39, 0.29) is 25.3 Å². The molecule has 7 atom stereocenters. The highest BCUT2D eigenvalue weighted by molar-refractivity contribution is 5.77. The van der Waals surface area contributed by atoms with Crippen LogP contribution in [0.2, 0.25) is 0 Å². The first-order valence-electron chi connectivity index (χ1n) is 15.3. The highest BCUT2D eigenvalue weighted by Gasteiger charge is 2.42. The summed E-state index contributed by atoms with van der Waals surface area (Å²) in [6.45, 7) is 11.1. The topological polar surface area (TPSA) is 158 Å². The summed E-state index contributed by atoms with van der Waals surface area (Å²) in [6, 6.07) is -0.0481. The Morgan fingerprint density at radius 1 is 0.951 bits per heavy atom. The van der Waals surface area contributed by atoms with Gasteiger partial charge in [0.25, 0.3) is 0 Å². The van der Waals surface area contributed by atoms with Gasteiger partial charge in [0.1, 0.15) is 12.2 Å². The highest BCUT2D eigenvalue weighted by Crippen LogP contribution is 2.27. The van der Waals surface area contributed by atoms with Gasteiger partial charge in [-0.05, 0) is 32.1 Å². The number of nitrogens with zero attached hydrogens (tertiary/aromatic N) is 1. The van der Waals surface area contributed by atoms with Gasteiger partial charge in [0.05, 0.1) is 31.5 Å². The molecule has 2 saturated heterocycles. The lowest BCUT2D eigenvalue weighted by Crippen LogP contribution is -2.55. The van der Waals surface area contributed by atoms with Crippen molar-refractivity contribution in [3.05, 3.63) is 0 Å². The molecule has 2 aliphatic rings. The number of β-amino-alcohol motifs (C(OH)–C–C–N with tert-alkyl or cyclic N) is 1. The fourth-order valence-electron chi connectivity index (χ4n) is 4.76. The van der Waals surface area contributed by atoms with Crippen molar-refractivity contribution in [2.24, 2.45) is 5.92 Å². The third-order valence-corrected chi connectivity index (χ3v) is 6.98. The zero-order valence-corrected chi connectivity index (χ0v) is 25.7. The van der Waals surface area contributed by atoms with Crippen molar-refractivity contribution < 1.29 is 44.2 Å². The van der Waals surface area contributed by atoms with Gasteiger partial charge in [-0.2, -0.15) is 0 Å². The summed E-state index contributed by atoms with van der Waals surface area (Å²) in [6.07, 6.45) is 1.93. The number of methoxy groups -OCH3 is 1. The molecule has 2 rings (SSSR count). The van der Waals surface area contributed by atoms with E-state index in [0.717, 1.165) is 38.5 Å². The van der Waals surface area contributed by atoms with E-state index in [4.69, 9.17) is 14.2 Å². The van der Waals surface area contributed by atoms with Crippen LogP contribution < -0.4 is 5.32 Å². The molecule has 0 radical (unpaired) electrons. The molecule has 0 aliphatic carbocycles. The summed E-state index contributed by atoms with van der Waals surface area (Å²) >= 11 is 0. The smallest absolute Gasteiger partial charge is 0.222 e. The molecule has 0 aromatic rings. The van der Waals surface area contributed by atoms with Crippen LogP contribution >= 0.6 is 0 Å². The van der Waals surface area contributed by atoms with Gasteiger partial charge in [-0.3, -0.25) is 9.59 Å². The first-order valence-corrected chi connectivity index (χ1v) is 15.3. The van der Waals surface area contributed by atoms with Crippen molar-refractivity contribution in [2.75, 3.05) is 40.0 Å². The third-order valence-electron chi connectivity index (χ3n) is 6.98. The zero-order valence-electron chi connectivity index (χ0n) is 25.7. The molecule has 11 heteroatoms. The summed E-state index contributed by atoms with van der Waals surface area (Å²) in [5, 5.41) is 41.9. The van der Waals surface area contributed by atoms with E-state index in [1.54, 1.807) is 18.9 Å². The molecule has 2 unspecified atom stereocenters. The van der Waals surface area contributed by atoms with Crippen LogP contribution in [0.1, 0.15) is 99.8 Å². The summed E-state index contributed by atoms with van der Waals surface area (Å²) in [4.78, 5) is 26.2. The maximum Gasteiger partial charge on any atom is 0.222 e. The van der Waals surface area contributed by atoms with Gasteiger partial charge in [-0.15, -0.1) is 0 Å². The summed E-state index contributed by atoms with van der Waals surface area (Å²) in [5.41, 5.74) is 0. The minimum Gasteiger partial charge on any atom is -0.394 e. The summed E-state index contributed by atoms with van der Waals surface area (Å²) in [7, 11) is 1.60. The van der Waals surface area contributed by atoms with Crippen molar-refractivity contribution >= 4 is 11.8 Å². The first-order chi connectivity index (χ1) is 19.3. The third kappa shape index (κ3) is 15.6. The fraction of sp³-hybridized carbons (Fsp3) is 0.933. The van der Waals surface area contributed by atoms with E-state index in [1.165, 1.54) is 0 Å². The highest BCUT2D eigenvalue weighted by atomic mass is 16.7. The number of carbonyl (C=O) groups is 2. The van der Waals surface area contributed by atoms with Gasteiger partial charge in [0.15, 0.2) is 6.29 Å². The van der Waals surface area contributed by atoms with Crippen molar-refractivity contribution in [1.29, 1.82) is 0 Å². The normalized spacial score (nSPS) is 27.1. The zero-order chi connectivity index (χ0) is 30.5. The Bertz CT molecular complexity index is 653. The van der Waals surface area contributed by atoms with Crippen LogP contribution in [0.25, 0.3) is 0 Å². The van der Waals surface area contributed by atoms with Crippen molar-refractivity contribution in [2.45, 2.75) is 137 Å². The average molecular weight is 595 g/mol. The van der Waals surface area contributed by atoms with Gasteiger partial charge >= 0.3 is 0 Å². The Morgan fingerprint density at radius 3 is 2.22 bits per heavy atom. The Labute approximate surface area is 248 Å². The van der Waals surface area contributed by atoms with Gasteiger partial charge in [-0.25, -0.2) is 0 Å². The fourth-order valence-corrected chi connectivity index (χ4v) is 4.76. The lowest BCUT2D eigenvalue weighted by molar-refractivity contribution is -0.282. The molecule has 0 spiro atoms. The SMILES string of the molecule is C.CC.CC.COC[C@@H]1C[C@@H](O)CN1C(=O)CCCCCNC(=O)CCCCCO[C@@H]1OC(CO)[C@H](O)[C@H](O)C1C. The lowest BCUT2D eigenvalue weighted by atomic mass is 9.92. The molecule has 0 aromatic heterocycles. The Hall–Kier alpha value is -1.34. The number of aliphatic hydroxyl groups is 4. The van der Waals surface area contributed by atoms with Gasteiger partial charge in [0, 0.05) is 45.6 Å². The molecule has 2 aliphatic heterocycles. The minimum atomic E-state index is -1.13. The number of rotatable bonds is 16. The van der Waals surface area contributed by atoms with Crippen LogP contribution in [-0.2, 0) is 23.8 Å². The molecular formula is C30H62N2O9. The van der Waals surface area contributed by atoms with E-state index < -0.39 is 43.2 Å². The van der Waals surface area contributed by atoms with Crippen LogP contribution in [-0.4, -0.2) is 114 Å². The molecule has 5 N–H and O–H groups in total. The molecule has 2 heterocycles.